The maximum Gasteiger partial charge on any atom is 0.245 e. The molecule has 5 rings (SSSR count). The monoisotopic (exact) mass is 515 g/mol. The fraction of sp³-hybridized carbons (Fsp3) is 0.304. The lowest BCUT2D eigenvalue weighted by Gasteiger charge is -2.12. The number of halogens is 1. The first-order valence-corrected chi connectivity index (χ1v) is 13.6. The number of nitrogens with zero attached hydrogens (tertiary/aromatic N) is 3. The minimum absolute atomic E-state index is 0.0150. The second-order valence-corrected chi connectivity index (χ2v) is 11.9. The highest BCUT2D eigenvalue weighted by Crippen LogP contribution is 2.35. The maximum absolute atomic E-state index is 15.1. The van der Waals surface area contributed by atoms with Crippen molar-refractivity contribution in [3.63, 3.8) is 0 Å². The predicted octanol–water partition coefficient (Wildman–Crippen LogP) is 2.47. The molecule has 182 valence electrons. The van der Waals surface area contributed by atoms with Gasteiger partial charge in [0, 0.05) is 31.0 Å². The van der Waals surface area contributed by atoms with Gasteiger partial charge in [0.1, 0.15) is 10.8 Å². The number of nitrogens with one attached hydrogen (secondary N) is 2. The number of carbonyl (C=O) groups is 2. The van der Waals surface area contributed by atoms with Gasteiger partial charge in [0.25, 0.3) is 0 Å². The molecule has 9 nitrogen and oxygen atoms in total. The van der Waals surface area contributed by atoms with Gasteiger partial charge in [-0.15, -0.1) is 11.3 Å². The molecular weight excluding hydrogens is 493 g/mol. The zero-order valence-electron chi connectivity index (χ0n) is 18.9. The van der Waals surface area contributed by atoms with Crippen molar-refractivity contribution in [1.82, 2.24) is 25.2 Å². The summed E-state index contributed by atoms with van der Waals surface area (Å²) in [5, 5.41) is 3.52. The van der Waals surface area contributed by atoms with Crippen molar-refractivity contribution in [2.24, 2.45) is 7.05 Å². The smallest absolute Gasteiger partial charge is 0.245 e. The summed E-state index contributed by atoms with van der Waals surface area (Å²) < 4.78 is 42.4. The first-order valence-electron chi connectivity index (χ1n) is 10.9. The number of thiazole rings is 1. The Bertz CT molecular complexity index is 1590. The van der Waals surface area contributed by atoms with Gasteiger partial charge >= 0.3 is 0 Å². The standard InChI is InChI=1S/C23H22FN5O4S2/c1-29-11-26-16-6-3-12(7-18(16)29)14-8-19-17(9-15(14)24)28-23(34-19)21(35(2,32)33)22(31)25-10-20(30)27-13-4-5-13/h3,6-9,11,13,21H,4-5,10H2,1-2H3,(H,25,31)(H,27,30). The number of rotatable bonds is 7. The van der Waals surface area contributed by atoms with Gasteiger partial charge in [0.2, 0.25) is 11.8 Å². The van der Waals surface area contributed by atoms with E-state index in [-0.39, 0.29) is 29.0 Å². The third-order valence-corrected chi connectivity index (χ3v) is 8.31. The number of benzene rings is 2. The number of carbonyl (C=O) groups excluding carboxylic acids is 2. The van der Waals surface area contributed by atoms with Crippen molar-refractivity contribution in [2.45, 2.75) is 24.1 Å². The third kappa shape index (κ3) is 4.76. The van der Waals surface area contributed by atoms with E-state index < -0.39 is 26.8 Å². The lowest BCUT2D eigenvalue weighted by molar-refractivity contribution is -0.126. The van der Waals surface area contributed by atoms with Crippen LogP contribution in [0.3, 0.4) is 0 Å². The van der Waals surface area contributed by atoms with E-state index in [0.29, 0.717) is 15.8 Å². The van der Waals surface area contributed by atoms with Crippen LogP contribution in [0.25, 0.3) is 32.4 Å². The second-order valence-electron chi connectivity index (χ2n) is 8.68. The Labute approximate surface area is 204 Å². The molecular formula is C23H22FN5O4S2. The Hall–Kier alpha value is -3.38. The Morgan fingerprint density at radius 3 is 2.71 bits per heavy atom. The molecule has 0 saturated heterocycles. The van der Waals surface area contributed by atoms with E-state index in [0.717, 1.165) is 41.5 Å². The largest absolute Gasteiger partial charge is 0.352 e. The first-order chi connectivity index (χ1) is 16.6. The first kappa shape index (κ1) is 23.4. The quantitative estimate of drug-likeness (QED) is 0.390. The number of hydrogen-bond donors (Lipinski definition) is 2. The van der Waals surface area contributed by atoms with Crippen LogP contribution in [0, 0.1) is 5.82 Å². The highest BCUT2D eigenvalue weighted by Gasteiger charge is 2.34. The fourth-order valence-corrected chi connectivity index (χ4v) is 6.38. The minimum atomic E-state index is -3.92. The number of amides is 2. The van der Waals surface area contributed by atoms with Crippen LogP contribution in [0.15, 0.2) is 36.7 Å². The zero-order chi connectivity index (χ0) is 24.9. The van der Waals surface area contributed by atoms with E-state index in [4.69, 9.17) is 0 Å². The van der Waals surface area contributed by atoms with Gasteiger partial charge in [-0.05, 0) is 36.6 Å². The summed E-state index contributed by atoms with van der Waals surface area (Å²) in [7, 11) is -2.07. The molecule has 2 heterocycles. The van der Waals surface area contributed by atoms with Crippen LogP contribution in [-0.2, 0) is 26.5 Å². The lowest BCUT2D eigenvalue weighted by Crippen LogP contribution is -2.41. The molecule has 2 aromatic carbocycles. The Kier molecular flexibility index (Phi) is 5.80. The number of aromatic nitrogens is 3. The molecule has 1 saturated carbocycles. The highest BCUT2D eigenvalue weighted by molar-refractivity contribution is 7.91. The molecule has 2 amide bonds. The second kappa shape index (κ2) is 8.68. The van der Waals surface area contributed by atoms with Crippen molar-refractivity contribution in [1.29, 1.82) is 0 Å². The van der Waals surface area contributed by atoms with Crippen molar-refractivity contribution in [2.75, 3.05) is 12.8 Å². The summed E-state index contributed by atoms with van der Waals surface area (Å²) in [6, 6.07) is 8.35. The molecule has 0 spiro atoms. The topological polar surface area (TPSA) is 123 Å². The van der Waals surface area contributed by atoms with Gasteiger partial charge in [-0.1, -0.05) is 6.07 Å². The van der Waals surface area contributed by atoms with E-state index in [2.05, 4.69) is 20.6 Å². The molecule has 1 aliphatic rings. The SMILES string of the molecule is Cn1cnc2ccc(-c3cc4sc(C(C(=O)NCC(=O)NC5CC5)S(C)(=O)=O)nc4cc3F)cc21. The van der Waals surface area contributed by atoms with Crippen molar-refractivity contribution in [3.8, 4) is 11.1 Å². The van der Waals surface area contributed by atoms with E-state index >= 15 is 4.39 Å². The zero-order valence-corrected chi connectivity index (χ0v) is 20.5. The van der Waals surface area contributed by atoms with Crippen LogP contribution in [0.5, 0.6) is 0 Å². The number of imidazole rings is 1. The summed E-state index contributed by atoms with van der Waals surface area (Å²) in [5.74, 6) is -1.75. The molecule has 35 heavy (non-hydrogen) atoms. The van der Waals surface area contributed by atoms with Gasteiger partial charge in [-0.25, -0.2) is 22.8 Å². The third-order valence-electron chi connectivity index (χ3n) is 5.79. The van der Waals surface area contributed by atoms with Crippen LogP contribution in [0.1, 0.15) is 23.1 Å². The molecule has 0 bridgehead atoms. The van der Waals surface area contributed by atoms with Crippen molar-refractivity contribution >= 4 is 54.2 Å². The molecule has 1 aliphatic carbocycles. The van der Waals surface area contributed by atoms with Crippen LogP contribution in [0.4, 0.5) is 4.39 Å². The van der Waals surface area contributed by atoms with Gasteiger partial charge in [-0.2, -0.15) is 0 Å². The molecule has 4 aromatic rings. The fourth-order valence-electron chi connectivity index (χ4n) is 3.85. The lowest BCUT2D eigenvalue weighted by atomic mass is 10.0. The minimum Gasteiger partial charge on any atom is -0.352 e. The maximum atomic E-state index is 15.1. The van der Waals surface area contributed by atoms with E-state index in [1.807, 2.05) is 17.7 Å². The summed E-state index contributed by atoms with van der Waals surface area (Å²) >= 11 is 1.01. The van der Waals surface area contributed by atoms with E-state index in [9.17, 15) is 18.0 Å². The van der Waals surface area contributed by atoms with Crippen LogP contribution < -0.4 is 10.6 Å². The highest BCUT2D eigenvalue weighted by atomic mass is 32.2. The Morgan fingerprint density at radius 1 is 1.23 bits per heavy atom. The Balaban J connectivity index is 1.47. The molecule has 1 fully saturated rings. The van der Waals surface area contributed by atoms with Crippen LogP contribution in [-0.4, -0.2) is 53.6 Å². The van der Waals surface area contributed by atoms with Gasteiger partial charge < -0.3 is 15.2 Å². The molecule has 0 radical (unpaired) electrons. The molecule has 1 unspecified atom stereocenters. The van der Waals surface area contributed by atoms with E-state index in [1.54, 1.807) is 24.5 Å². The normalized spacial score (nSPS) is 14.8. The van der Waals surface area contributed by atoms with Crippen LogP contribution >= 0.6 is 11.3 Å². The summed E-state index contributed by atoms with van der Waals surface area (Å²) in [5.41, 5.74) is 2.83. The number of fused-ring (bicyclic) bond motifs is 2. The van der Waals surface area contributed by atoms with Crippen LogP contribution in [0.2, 0.25) is 0 Å². The van der Waals surface area contributed by atoms with Gasteiger partial charge in [-0.3, -0.25) is 9.59 Å². The molecule has 12 heteroatoms. The summed E-state index contributed by atoms with van der Waals surface area (Å²) in [6.07, 6.45) is 4.40. The number of sulfone groups is 1. The molecule has 2 N–H and O–H groups in total. The molecule has 1 atom stereocenters. The van der Waals surface area contributed by atoms with Gasteiger partial charge in [0.05, 0.1) is 34.1 Å². The van der Waals surface area contributed by atoms with Crippen molar-refractivity contribution < 1.29 is 22.4 Å². The number of aryl methyl sites for hydroxylation is 1. The Morgan fingerprint density at radius 2 is 2.00 bits per heavy atom. The average Bonchev–Trinajstić information content (AvgIpc) is 3.40. The van der Waals surface area contributed by atoms with Gasteiger partial charge in [0.15, 0.2) is 15.1 Å². The van der Waals surface area contributed by atoms with Crippen molar-refractivity contribution in [3.05, 3.63) is 47.5 Å². The molecule has 2 aromatic heterocycles. The predicted molar refractivity (Wildman–Crippen MR) is 131 cm³/mol. The number of hydrogen-bond acceptors (Lipinski definition) is 7. The van der Waals surface area contributed by atoms with E-state index in [1.165, 1.54) is 6.07 Å². The summed E-state index contributed by atoms with van der Waals surface area (Å²) in [4.78, 5) is 33.2. The summed E-state index contributed by atoms with van der Waals surface area (Å²) in [6.45, 7) is -0.332. The average molecular weight is 516 g/mol. The molecule has 0 aliphatic heterocycles.